The summed E-state index contributed by atoms with van der Waals surface area (Å²) in [7, 11) is -3.37. The molecule has 6 nitrogen and oxygen atoms in total. The number of ether oxygens (including phenoxy) is 1. The van der Waals surface area contributed by atoms with E-state index in [1.54, 1.807) is 29.2 Å². The number of benzene rings is 1. The molecule has 1 amide bonds. The zero-order valence-electron chi connectivity index (χ0n) is 13.3. The molecule has 1 N–H and O–H groups in total. The number of morpholine rings is 1. The van der Waals surface area contributed by atoms with Gasteiger partial charge in [0.1, 0.15) is 0 Å². The molecule has 1 aromatic carbocycles. The van der Waals surface area contributed by atoms with Crippen molar-refractivity contribution in [2.24, 2.45) is 0 Å². The van der Waals surface area contributed by atoms with Crippen LogP contribution in [0.15, 0.2) is 24.3 Å². The van der Waals surface area contributed by atoms with Crippen molar-refractivity contribution in [3.8, 4) is 0 Å². The molecule has 0 aromatic heterocycles. The van der Waals surface area contributed by atoms with Gasteiger partial charge in [0.15, 0.2) is 0 Å². The first-order valence-electron chi connectivity index (χ1n) is 7.11. The van der Waals surface area contributed by atoms with Crippen molar-refractivity contribution in [2.75, 3.05) is 24.1 Å². The highest BCUT2D eigenvalue weighted by Crippen LogP contribution is 2.23. The monoisotopic (exact) mass is 326 g/mol. The molecule has 122 valence electrons. The first-order chi connectivity index (χ1) is 10.1. The summed E-state index contributed by atoms with van der Waals surface area (Å²) in [6.45, 7) is 6.85. The van der Waals surface area contributed by atoms with Crippen LogP contribution >= 0.6 is 0 Å². The zero-order chi connectivity index (χ0) is 16.5. The second-order valence-electron chi connectivity index (χ2n) is 6.33. The number of nitrogens with zero attached hydrogens (tertiary/aromatic N) is 1. The Morgan fingerprint density at radius 3 is 2.68 bits per heavy atom. The van der Waals surface area contributed by atoms with Crippen LogP contribution in [0, 0.1) is 0 Å². The molecule has 2 rings (SSSR count). The van der Waals surface area contributed by atoms with E-state index < -0.39 is 15.6 Å². The Hall–Kier alpha value is -1.60. The molecule has 1 aliphatic rings. The third-order valence-electron chi connectivity index (χ3n) is 3.27. The molecule has 1 aliphatic heterocycles. The molecule has 1 fully saturated rings. The molecule has 1 saturated heterocycles. The molecule has 1 atom stereocenters. The highest BCUT2D eigenvalue weighted by Gasteiger charge is 2.34. The Morgan fingerprint density at radius 1 is 1.41 bits per heavy atom. The maximum absolute atomic E-state index is 12.6. The number of rotatable bonds is 3. The summed E-state index contributed by atoms with van der Waals surface area (Å²) in [4.78, 5) is 14.4. The Bertz CT molecular complexity index is 670. The van der Waals surface area contributed by atoms with Gasteiger partial charge in [-0.05, 0) is 39.0 Å². The van der Waals surface area contributed by atoms with E-state index in [1.165, 1.54) is 0 Å². The van der Waals surface area contributed by atoms with Gasteiger partial charge in [-0.1, -0.05) is 6.07 Å². The van der Waals surface area contributed by atoms with Gasteiger partial charge in [0.25, 0.3) is 5.91 Å². The number of carbonyl (C=O) groups excluding carboxylic acids is 1. The molecular formula is C15H22N2O4S. The van der Waals surface area contributed by atoms with Crippen LogP contribution in [0.2, 0.25) is 0 Å². The summed E-state index contributed by atoms with van der Waals surface area (Å²) < 4.78 is 30.8. The molecule has 0 aliphatic carbocycles. The minimum Gasteiger partial charge on any atom is -0.369 e. The van der Waals surface area contributed by atoms with Crippen LogP contribution < -0.4 is 4.72 Å². The van der Waals surface area contributed by atoms with Gasteiger partial charge in [-0.3, -0.25) is 9.52 Å². The van der Waals surface area contributed by atoms with Gasteiger partial charge in [0.2, 0.25) is 10.0 Å². The average molecular weight is 326 g/mol. The number of sulfonamides is 1. The van der Waals surface area contributed by atoms with Crippen molar-refractivity contribution < 1.29 is 17.9 Å². The summed E-state index contributed by atoms with van der Waals surface area (Å²) in [6, 6.07) is 6.51. The fourth-order valence-corrected chi connectivity index (χ4v) is 3.28. The van der Waals surface area contributed by atoms with E-state index >= 15 is 0 Å². The van der Waals surface area contributed by atoms with E-state index in [0.717, 1.165) is 6.26 Å². The van der Waals surface area contributed by atoms with Crippen molar-refractivity contribution in [1.82, 2.24) is 4.90 Å². The zero-order valence-corrected chi connectivity index (χ0v) is 14.1. The maximum atomic E-state index is 12.6. The van der Waals surface area contributed by atoms with Crippen molar-refractivity contribution in [3.63, 3.8) is 0 Å². The lowest BCUT2D eigenvalue weighted by Crippen LogP contribution is -2.53. The van der Waals surface area contributed by atoms with Crippen LogP contribution in [0.1, 0.15) is 31.1 Å². The number of hydrogen-bond acceptors (Lipinski definition) is 4. The van der Waals surface area contributed by atoms with Crippen molar-refractivity contribution >= 4 is 21.6 Å². The second-order valence-corrected chi connectivity index (χ2v) is 8.08. The van der Waals surface area contributed by atoms with E-state index in [9.17, 15) is 13.2 Å². The first kappa shape index (κ1) is 16.8. The maximum Gasteiger partial charge on any atom is 0.254 e. The molecule has 0 radical (unpaired) electrons. The normalized spacial score (nSPS) is 21.5. The fraction of sp³-hybridized carbons (Fsp3) is 0.533. The lowest BCUT2D eigenvalue weighted by Gasteiger charge is -2.41. The summed E-state index contributed by atoms with van der Waals surface area (Å²) in [6.07, 6.45) is 1.04. The van der Waals surface area contributed by atoms with E-state index in [-0.39, 0.29) is 12.0 Å². The lowest BCUT2D eigenvalue weighted by molar-refractivity contribution is -0.118. The van der Waals surface area contributed by atoms with Crippen LogP contribution in [-0.4, -0.2) is 50.3 Å². The number of hydrogen-bond donors (Lipinski definition) is 1. The quantitative estimate of drug-likeness (QED) is 0.917. The van der Waals surface area contributed by atoms with E-state index in [2.05, 4.69) is 4.72 Å². The van der Waals surface area contributed by atoms with Gasteiger partial charge in [-0.15, -0.1) is 0 Å². The number of anilines is 1. The number of carbonyl (C=O) groups is 1. The predicted octanol–water partition coefficient (Wildman–Crippen LogP) is 1.70. The minimum atomic E-state index is -3.37. The first-order valence-corrected chi connectivity index (χ1v) is 9.00. The molecule has 22 heavy (non-hydrogen) atoms. The van der Waals surface area contributed by atoms with Gasteiger partial charge in [0, 0.05) is 24.3 Å². The lowest BCUT2D eigenvalue weighted by atomic mass is 10.0. The van der Waals surface area contributed by atoms with E-state index in [1.807, 2.05) is 20.8 Å². The van der Waals surface area contributed by atoms with E-state index in [4.69, 9.17) is 4.74 Å². The third-order valence-corrected chi connectivity index (χ3v) is 3.88. The SMILES string of the molecule is C[C@H]1CN(C(=O)c2cccc(NS(C)(=O)=O)c2)CC(C)(C)O1. The summed E-state index contributed by atoms with van der Waals surface area (Å²) >= 11 is 0. The van der Waals surface area contributed by atoms with Crippen LogP contribution in [0.3, 0.4) is 0 Å². The second kappa shape index (κ2) is 5.89. The predicted molar refractivity (Wildman–Crippen MR) is 85.4 cm³/mol. The molecule has 0 bridgehead atoms. The molecule has 1 heterocycles. The highest BCUT2D eigenvalue weighted by molar-refractivity contribution is 7.92. The van der Waals surface area contributed by atoms with Gasteiger partial charge in [-0.25, -0.2) is 8.42 Å². The fourth-order valence-electron chi connectivity index (χ4n) is 2.72. The molecule has 1 aromatic rings. The molecule has 7 heteroatoms. The van der Waals surface area contributed by atoms with Crippen molar-refractivity contribution in [2.45, 2.75) is 32.5 Å². The van der Waals surface area contributed by atoms with Gasteiger partial charge >= 0.3 is 0 Å². The Labute approximate surface area is 131 Å². The third kappa shape index (κ3) is 4.45. The summed E-state index contributed by atoms with van der Waals surface area (Å²) in [5.41, 5.74) is 0.447. The topological polar surface area (TPSA) is 75.7 Å². The Morgan fingerprint density at radius 2 is 2.09 bits per heavy atom. The van der Waals surface area contributed by atoms with Crippen LogP contribution in [0.5, 0.6) is 0 Å². The molecule has 0 unspecified atom stereocenters. The Balaban J connectivity index is 2.21. The van der Waals surface area contributed by atoms with Crippen LogP contribution in [-0.2, 0) is 14.8 Å². The highest BCUT2D eigenvalue weighted by atomic mass is 32.2. The van der Waals surface area contributed by atoms with E-state index in [0.29, 0.717) is 24.3 Å². The average Bonchev–Trinajstić information content (AvgIpc) is 2.33. The largest absolute Gasteiger partial charge is 0.369 e. The minimum absolute atomic E-state index is 0.0370. The Kier molecular flexibility index (Phi) is 4.49. The van der Waals surface area contributed by atoms with Crippen molar-refractivity contribution in [3.05, 3.63) is 29.8 Å². The van der Waals surface area contributed by atoms with Gasteiger partial charge in [0.05, 0.1) is 18.0 Å². The van der Waals surface area contributed by atoms with Gasteiger partial charge < -0.3 is 9.64 Å². The van der Waals surface area contributed by atoms with Gasteiger partial charge in [-0.2, -0.15) is 0 Å². The van der Waals surface area contributed by atoms with Crippen LogP contribution in [0.25, 0.3) is 0 Å². The number of nitrogens with one attached hydrogen (secondary N) is 1. The molecule has 0 spiro atoms. The summed E-state index contributed by atoms with van der Waals surface area (Å²) in [5, 5.41) is 0. The summed E-state index contributed by atoms with van der Waals surface area (Å²) in [5.74, 6) is -0.125. The molecular weight excluding hydrogens is 304 g/mol. The standard InChI is InChI=1S/C15H22N2O4S/c1-11-9-17(10-15(2,3)21-11)14(18)12-6-5-7-13(8-12)16-22(4,19)20/h5-8,11,16H,9-10H2,1-4H3/t11-/m0/s1. The van der Waals surface area contributed by atoms with Crippen molar-refractivity contribution in [1.29, 1.82) is 0 Å². The molecule has 0 saturated carbocycles. The number of amides is 1. The van der Waals surface area contributed by atoms with Crippen LogP contribution in [0.4, 0.5) is 5.69 Å². The smallest absolute Gasteiger partial charge is 0.254 e.